The normalized spacial score (nSPS) is 27.4. The topological polar surface area (TPSA) is 66.4 Å². The van der Waals surface area contributed by atoms with Crippen LogP contribution in [-0.2, 0) is 10.0 Å². The molecule has 2 saturated heterocycles. The summed E-state index contributed by atoms with van der Waals surface area (Å²) in [5.74, 6) is 0.0721. The Kier molecular flexibility index (Phi) is 3.61. The maximum Gasteiger partial charge on any atom is 0.225 e. The van der Waals surface area contributed by atoms with Crippen molar-refractivity contribution in [1.29, 1.82) is 0 Å². The Balaban J connectivity index is 1.76. The first-order chi connectivity index (χ1) is 9.88. The third kappa shape index (κ3) is 3.01. The minimum absolute atomic E-state index is 0.0287. The molecule has 1 aromatic rings. The highest BCUT2D eigenvalue weighted by Gasteiger charge is 2.44. The second kappa shape index (κ2) is 5.17. The Hall–Kier alpha value is -1.28. The Morgan fingerprint density at radius 3 is 2.52 bits per heavy atom. The van der Waals surface area contributed by atoms with Crippen molar-refractivity contribution in [1.82, 2.24) is 14.3 Å². The van der Waals surface area contributed by atoms with Crippen molar-refractivity contribution in [2.45, 2.75) is 19.3 Å². The molecule has 0 saturated carbocycles. The number of hydrogen-bond acceptors (Lipinski definition) is 5. The summed E-state index contributed by atoms with van der Waals surface area (Å²) in [7, 11) is -3.13. The third-order valence-corrected chi connectivity index (χ3v) is 5.67. The molecule has 1 spiro atoms. The second-order valence-corrected chi connectivity index (χ2v) is 8.06. The van der Waals surface area contributed by atoms with E-state index in [-0.39, 0.29) is 5.41 Å². The zero-order valence-electron chi connectivity index (χ0n) is 12.0. The quantitative estimate of drug-likeness (QED) is 0.810. The van der Waals surface area contributed by atoms with Gasteiger partial charge < -0.3 is 4.90 Å². The third-order valence-electron chi connectivity index (χ3n) is 4.42. The van der Waals surface area contributed by atoms with Crippen LogP contribution >= 0.6 is 0 Å². The predicted octanol–water partition coefficient (Wildman–Crippen LogP) is 0.868. The molecule has 21 heavy (non-hydrogen) atoms. The van der Waals surface area contributed by atoms with Crippen LogP contribution in [0, 0.1) is 11.2 Å². The molecule has 1 atom stereocenters. The Bertz CT molecular complexity index is 622. The lowest BCUT2D eigenvalue weighted by Crippen LogP contribution is -2.46. The van der Waals surface area contributed by atoms with Gasteiger partial charge in [-0.05, 0) is 19.3 Å². The summed E-state index contributed by atoms with van der Waals surface area (Å²) in [6.45, 7) is 2.69. The number of rotatable bonds is 2. The number of aromatic nitrogens is 2. The van der Waals surface area contributed by atoms with Crippen molar-refractivity contribution >= 4 is 16.0 Å². The monoisotopic (exact) mass is 314 g/mol. The van der Waals surface area contributed by atoms with Gasteiger partial charge in [-0.1, -0.05) is 0 Å². The van der Waals surface area contributed by atoms with Gasteiger partial charge >= 0.3 is 0 Å². The molecule has 0 amide bonds. The van der Waals surface area contributed by atoms with Crippen LogP contribution in [-0.4, -0.2) is 55.1 Å². The maximum absolute atomic E-state index is 12.9. The van der Waals surface area contributed by atoms with Crippen LogP contribution in [0.2, 0.25) is 0 Å². The smallest absolute Gasteiger partial charge is 0.225 e. The van der Waals surface area contributed by atoms with Crippen molar-refractivity contribution in [3.8, 4) is 0 Å². The standard InChI is InChI=1S/C13H19FN4O2S/c1-21(19,20)18-6-4-13(10-18)3-2-5-17(9-13)12-15-7-11(14)8-16-12/h7-8H,2-6,9-10H2,1H3/t13-/m1/s1. The van der Waals surface area contributed by atoms with E-state index >= 15 is 0 Å². The van der Waals surface area contributed by atoms with Gasteiger partial charge in [-0.2, -0.15) is 0 Å². The first-order valence-electron chi connectivity index (χ1n) is 7.06. The molecule has 116 valence electrons. The van der Waals surface area contributed by atoms with E-state index in [9.17, 15) is 12.8 Å². The predicted molar refractivity (Wildman–Crippen MR) is 76.9 cm³/mol. The molecular weight excluding hydrogens is 295 g/mol. The molecule has 0 bridgehead atoms. The summed E-state index contributed by atoms with van der Waals surface area (Å²) < 4.78 is 37.9. The molecule has 6 nitrogen and oxygen atoms in total. The zero-order valence-corrected chi connectivity index (χ0v) is 12.8. The molecule has 3 heterocycles. The first-order valence-corrected chi connectivity index (χ1v) is 8.91. The fourth-order valence-electron chi connectivity index (χ4n) is 3.36. The van der Waals surface area contributed by atoms with Gasteiger partial charge in [0, 0.05) is 31.6 Å². The van der Waals surface area contributed by atoms with Gasteiger partial charge in [0.25, 0.3) is 0 Å². The minimum atomic E-state index is -3.13. The summed E-state index contributed by atoms with van der Waals surface area (Å²) >= 11 is 0. The lowest BCUT2D eigenvalue weighted by Gasteiger charge is -2.40. The van der Waals surface area contributed by atoms with Crippen LogP contribution in [0.1, 0.15) is 19.3 Å². The van der Waals surface area contributed by atoms with Crippen LogP contribution in [0.5, 0.6) is 0 Å². The van der Waals surface area contributed by atoms with Gasteiger partial charge in [-0.3, -0.25) is 0 Å². The molecule has 1 aromatic heterocycles. The van der Waals surface area contributed by atoms with E-state index in [0.717, 1.165) is 32.4 Å². The summed E-state index contributed by atoms with van der Waals surface area (Å²) in [5, 5.41) is 0. The van der Waals surface area contributed by atoms with E-state index in [1.54, 1.807) is 4.31 Å². The number of hydrogen-bond donors (Lipinski definition) is 0. The summed E-state index contributed by atoms with van der Waals surface area (Å²) in [4.78, 5) is 10.1. The molecule has 2 aliphatic heterocycles. The van der Waals surface area contributed by atoms with E-state index in [1.165, 1.54) is 18.6 Å². The minimum Gasteiger partial charge on any atom is -0.340 e. The molecule has 0 N–H and O–H groups in total. The number of sulfonamides is 1. The maximum atomic E-state index is 12.9. The van der Waals surface area contributed by atoms with Gasteiger partial charge in [0.05, 0.1) is 18.6 Å². The highest BCUT2D eigenvalue weighted by atomic mass is 32.2. The molecule has 0 radical (unpaired) electrons. The highest BCUT2D eigenvalue weighted by molar-refractivity contribution is 7.88. The van der Waals surface area contributed by atoms with Crippen molar-refractivity contribution in [2.75, 3.05) is 37.3 Å². The number of nitrogens with zero attached hydrogens (tertiary/aromatic N) is 4. The molecule has 0 unspecified atom stereocenters. The SMILES string of the molecule is CS(=O)(=O)N1CC[C@@]2(CCCN(c3ncc(F)cn3)C2)C1. The summed E-state index contributed by atoms with van der Waals surface area (Å²) in [5.41, 5.74) is -0.0287. The molecule has 2 aliphatic rings. The summed E-state index contributed by atoms with van der Waals surface area (Å²) in [6.07, 6.45) is 6.44. The first kappa shape index (κ1) is 14.6. The number of halogens is 1. The van der Waals surface area contributed by atoms with Crippen LogP contribution < -0.4 is 4.90 Å². The summed E-state index contributed by atoms with van der Waals surface area (Å²) in [6, 6.07) is 0. The second-order valence-electron chi connectivity index (χ2n) is 6.07. The van der Waals surface area contributed by atoms with E-state index < -0.39 is 15.8 Å². The Labute approximate surface area is 124 Å². The lowest BCUT2D eigenvalue weighted by atomic mass is 9.79. The van der Waals surface area contributed by atoms with Crippen molar-refractivity contribution in [3.05, 3.63) is 18.2 Å². The van der Waals surface area contributed by atoms with Gasteiger partial charge in [0.15, 0.2) is 5.82 Å². The van der Waals surface area contributed by atoms with Crippen molar-refractivity contribution in [3.63, 3.8) is 0 Å². The van der Waals surface area contributed by atoms with Crippen LogP contribution in [0.15, 0.2) is 12.4 Å². The molecule has 8 heteroatoms. The largest absolute Gasteiger partial charge is 0.340 e. The molecule has 0 aliphatic carbocycles. The fourth-order valence-corrected chi connectivity index (χ4v) is 4.29. The van der Waals surface area contributed by atoms with Crippen LogP contribution in [0.3, 0.4) is 0 Å². The number of anilines is 1. The van der Waals surface area contributed by atoms with Gasteiger partial charge in [0.1, 0.15) is 0 Å². The highest BCUT2D eigenvalue weighted by Crippen LogP contribution is 2.40. The van der Waals surface area contributed by atoms with Gasteiger partial charge in [-0.25, -0.2) is 27.1 Å². The Morgan fingerprint density at radius 2 is 1.90 bits per heavy atom. The van der Waals surface area contributed by atoms with Crippen molar-refractivity contribution in [2.24, 2.45) is 5.41 Å². The van der Waals surface area contributed by atoms with E-state index in [1.807, 2.05) is 4.90 Å². The van der Waals surface area contributed by atoms with E-state index in [4.69, 9.17) is 0 Å². The van der Waals surface area contributed by atoms with Crippen LogP contribution in [0.4, 0.5) is 10.3 Å². The van der Waals surface area contributed by atoms with Gasteiger partial charge in [-0.15, -0.1) is 0 Å². The molecular formula is C13H19FN4O2S. The van der Waals surface area contributed by atoms with Crippen molar-refractivity contribution < 1.29 is 12.8 Å². The average Bonchev–Trinajstić information content (AvgIpc) is 2.83. The van der Waals surface area contributed by atoms with Crippen LogP contribution in [0.25, 0.3) is 0 Å². The van der Waals surface area contributed by atoms with E-state index in [0.29, 0.717) is 19.0 Å². The van der Waals surface area contributed by atoms with Gasteiger partial charge in [0.2, 0.25) is 16.0 Å². The van der Waals surface area contributed by atoms with E-state index in [2.05, 4.69) is 9.97 Å². The zero-order chi connectivity index (χ0) is 15.1. The molecule has 2 fully saturated rings. The Morgan fingerprint density at radius 1 is 1.19 bits per heavy atom. The number of piperidine rings is 1. The lowest BCUT2D eigenvalue weighted by molar-refractivity contribution is 0.246. The average molecular weight is 314 g/mol. The fraction of sp³-hybridized carbons (Fsp3) is 0.692. The molecule has 0 aromatic carbocycles. The molecule has 3 rings (SSSR count).